The minimum Gasteiger partial charge on any atom is -0.340 e. The van der Waals surface area contributed by atoms with Crippen molar-refractivity contribution in [2.24, 2.45) is 5.92 Å². The van der Waals surface area contributed by atoms with E-state index in [1.165, 1.54) is 0 Å². The summed E-state index contributed by atoms with van der Waals surface area (Å²) >= 11 is 0. The highest BCUT2D eigenvalue weighted by Gasteiger charge is 2.32. The zero-order valence-corrected chi connectivity index (χ0v) is 18.7. The van der Waals surface area contributed by atoms with Gasteiger partial charge >= 0.3 is 0 Å². The van der Waals surface area contributed by atoms with Gasteiger partial charge < -0.3 is 15.1 Å². The number of aryl methyl sites for hydroxylation is 1. The number of rotatable bonds is 6. The maximum atomic E-state index is 13.1. The van der Waals surface area contributed by atoms with Crippen LogP contribution in [0.4, 0.5) is 11.6 Å². The normalized spacial score (nSPS) is 19.6. The SMILES string of the molecule is CCc1ccccc1NC(=O)CN1CCN(C(=O)C2CCCN(c3ncccn3)C2)CC1. The molecule has 3 heterocycles. The summed E-state index contributed by atoms with van der Waals surface area (Å²) in [7, 11) is 0. The van der Waals surface area contributed by atoms with Crippen molar-refractivity contribution >= 4 is 23.5 Å². The Morgan fingerprint density at radius 3 is 2.53 bits per heavy atom. The van der Waals surface area contributed by atoms with Gasteiger partial charge in [0.1, 0.15) is 0 Å². The molecule has 0 aliphatic carbocycles. The number of hydrogen-bond donors (Lipinski definition) is 1. The van der Waals surface area contributed by atoms with Crippen molar-refractivity contribution in [3.63, 3.8) is 0 Å². The Bertz CT molecular complexity index is 914. The molecule has 2 saturated heterocycles. The Morgan fingerprint density at radius 1 is 1.03 bits per heavy atom. The molecule has 170 valence electrons. The number of benzene rings is 1. The van der Waals surface area contributed by atoms with E-state index in [9.17, 15) is 9.59 Å². The minimum atomic E-state index is -0.0204. The van der Waals surface area contributed by atoms with E-state index in [1.54, 1.807) is 18.5 Å². The molecule has 1 aromatic carbocycles. The average Bonchev–Trinajstić information content (AvgIpc) is 2.85. The van der Waals surface area contributed by atoms with Crippen LogP contribution in [0.15, 0.2) is 42.7 Å². The average molecular weight is 437 g/mol. The third-order valence-electron chi connectivity index (χ3n) is 6.33. The lowest BCUT2D eigenvalue weighted by atomic mass is 9.96. The number of amides is 2. The van der Waals surface area contributed by atoms with Crippen molar-refractivity contribution < 1.29 is 9.59 Å². The number of hydrogen-bond acceptors (Lipinski definition) is 6. The maximum absolute atomic E-state index is 13.1. The Kier molecular flexibility index (Phi) is 7.32. The molecule has 1 unspecified atom stereocenters. The van der Waals surface area contributed by atoms with E-state index in [2.05, 4.69) is 32.0 Å². The van der Waals surface area contributed by atoms with Crippen LogP contribution in [-0.4, -0.2) is 77.4 Å². The van der Waals surface area contributed by atoms with Crippen LogP contribution < -0.4 is 10.2 Å². The van der Waals surface area contributed by atoms with Gasteiger partial charge in [-0.2, -0.15) is 0 Å². The van der Waals surface area contributed by atoms with E-state index in [-0.39, 0.29) is 17.7 Å². The monoisotopic (exact) mass is 436 g/mol. The van der Waals surface area contributed by atoms with Crippen LogP contribution in [-0.2, 0) is 16.0 Å². The molecule has 2 aliphatic heterocycles. The van der Waals surface area contributed by atoms with Crippen LogP contribution in [0.1, 0.15) is 25.3 Å². The summed E-state index contributed by atoms with van der Waals surface area (Å²) < 4.78 is 0. The van der Waals surface area contributed by atoms with E-state index in [0.717, 1.165) is 37.1 Å². The topological polar surface area (TPSA) is 81.7 Å². The van der Waals surface area contributed by atoms with Crippen molar-refractivity contribution in [2.75, 3.05) is 56.0 Å². The first-order valence-corrected chi connectivity index (χ1v) is 11.5. The summed E-state index contributed by atoms with van der Waals surface area (Å²) in [5.74, 6) is 0.890. The summed E-state index contributed by atoms with van der Waals surface area (Å²) in [6.45, 7) is 6.74. The number of nitrogens with one attached hydrogen (secondary N) is 1. The zero-order chi connectivity index (χ0) is 22.3. The molecule has 32 heavy (non-hydrogen) atoms. The van der Waals surface area contributed by atoms with Crippen molar-refractivity contribution in [3.05, 3.63) is 48.3 Å². The fourth-order valence-corrected chi connectivity index (χ4v) is 4.54. The van der Waals surface area contributed by atoms with Crippen molar-refractivity contribution in [1.29, 1.82) is 0 Å². The largest absolute Gasteiger partial charge is 0.340 e. The number of nitrogens with zero attached hydrogens (tertiary/aromatic N) is 5. The first-order valence-electron chi connectivity index (χ1n) is 11.5. The summed E-state index contributed by atoms with van der Waals surface area (Å²) in [6, 6.07) is 9.72. The van der Waals surface area contributed by atoms with Gasteiger partial charge in [-0.25, -0.2) is 9.97 Å². The molecule has 8 heteroatoms. The summed E-state index contributed by atoms with van der Waals surface area (Å²) in [5, 5.41) is 3.04. The van der Waals surface area contributed by atoms with Gasteiger partial charge in [0, 0.05) is 57.3 Å². The number of para-hydroxylation sites is 1. The number of piperazine rings is 1. The first kappa shape index (κ1) is 22.2. The predicted octanol–water partition coefficient (Wildman–Crippen LogP) is 2.04. The second-order valence-corrected chi connectivity index (χ2v) is 8.49. The Morgan fingerprint density at radius 2 is 1.78 bits per heavy atom. The fourth-order valence-electron chi connectivity index (χ4n) is 4.54. The van der Waals surface area contributed by atoms with E-state index in [4.69, 9.17) is 0 Å². The molecule has 1 N–H and O–H groups in total. The third-order valence-corrected chi connectivity index (χ3v) is 6.33. The van der Waals surface area contributed by atoms with Crippen LogP contribution in [0.2, 0.25) is 0 Å². The van der Waals surface area contributed by atoms with Crippen LogP contribution in [0.5, 0.6) is 0 Å². The highest BCUT2D eigenvalue weighted by molar-refractivity contribution is 5.93. The molecule has 4 rings (SSSR count). The molecular formula is C24H32N6O2. The lowest BCUT2D eigenvalue weighted by Gasteiger charge is -2.38. The number of aromatic nitrogens is 2. The molecule has 0 bridgehead atoms. The zero-order valence-electron chi connectivity index (χ0n) is 18.7. The molecule has 1 aromatic heterocycles. The highest BCUT2D eigenvalue weighted by Crippen LogP contribution is 2.22. The molecule has 1 atom stereocenters. The van der Waals surface area contributed by atoms with Crippen molar-refractivity contribution in [2.45, 2.75) is 26.2 Å². The van der Waals surface area contributed by atoms with Gasteiger partial charge in [-0.15, -0.1) is 0 Å². The molecule has 2 amide bonds. The molecular weight excluding hydrogens is 404 g/mol. The minimum absolute atomic E-state index is 0.00328. The van der Waals surface area contributed by atoms with Crippen molar-refractivity contribution in [1.82, 2.24) is 19.8 Å². The summed E-state index contributed by atoms with van der Waals surface area (Å²) in [4.78, 5) is 40.5. The third kappa shape index (κ3) is 5.43. The van der Waals surface area contributed by atoms with Crippen LogP contribution in [0.25, 0.3) is 0 Å². The van der Waals surface area contributed by atoms with Crippen LogP contribution in [0, 0.1) is 5.92 Å². The quantitative estimate of drug-likeness (QED) is 0.746. The standard InChI is InChI=1S/C24H32N6O2/c1-2-19-7-3-4-9-21(19)27-22(31)18-28-13-15-29(16-14-28)23(32)20-8-5-12-30(17-20)24-25-10-6-11-26-24/h3-4,6-7,9-11,20H,2,5,8,12-18H2,1H3,(H,27,31). The lowest BCUT2D eigenvalue weighted by molar-refractivity contribution is -0.137. The number of piperidine rings is 1. The smallest absolute Gasteiger partial charge is 0.238 e. The molecule has 8 nitrogen and oxygen atoms in total. The van der Waals surface area contributed by atoms with Gasteiger partial charge in [0.25, 0.3) is 0 Å². The van der Waals surface area contributed by atoms with Gasteiger partial charge in [-0.05, 0) is 37.0 Å². The number of carbonyl (C=O) groups is 2. The second-order valence-electron chi connectivity index (χ2n) is 8.49. The van der Waals surface area contributed by atoms with E-state index < -0.39 is 0 Å². The van der Waals surface area contributed by atoms with Gasteiger partial charge in [-0.1, -0.05) is 25.1 Å². The van der Waals surface area contributed by atoms with E-state index >= 15 is 0 Å². The molecule has 2 aromatic rings. The lowest BCUT2D eigenvalue weighted by Crippen LogP contribution is -2.53. The molecule has 0 radical (unpaired) electrons. The maximum Gasteiger partial charge on any atom is 0.238 e. The summed E-state index contributed by atoms with van der Waals surface area (Å²) in [6.07, 6.45) is 6.23. The van der Waals surface area contributed by atoms with Crippen LogP contribution in [0.3, 0.4) is 0 Å². The van der Waals surface area contributed by atoms with Crippen LogP contribution >= 0.6 is 0 Å². The molecule has 2 aliphatic rings. The first-order chi connectivity index (χ1) is 15.6. The fraction of sp³-hybridized carbons (Fsp3) is 0.500. The predicted molar refractivity (Wildman–Crippen MR) is 124 cm³/mol. The molecule has 0 spiro atoms. The highest BCUT2D eigenvalue weighted by atomic mass is 16.2. The Hall–Kier alpha value is -3.00. The van der Waals surface area contributed by atoms with E-state index in [1.807, 2.05) is 29.2 Å². The molecule has 0 saturated carbocycles. The Labute approximate surface area is 189 Å². The number of carbonyl (C=O) groups excluding carboxylic acids is 2. The second kappa shape index (κ2) is 10.5. The van der Waals surface area contributed by atoms with Gasteiger partial charge in [0.2, 0.25) is 17.8 Å². The van der Waals surface area contributed by atoms with Crippen molar-refractivity contribution in [3.8, 4) is 0 Å². The Balaban J connectivity index is 1.25. The molecule has 2 fully saturated rings. The van der Waals surface area contributed by atoms with Gasteiger partial charge in [0.15, 0.2) is 0 Å². The number of anilines is 2. The van der Waals surface area contributed by atoms with E-state index in [0.29, 0.717) is 45.2 Å². The van der Waals surface area contributed by atoms with Gasteiger partial charge in [-0.3, -0.25) is 14.5 Å². The van der Waals surface area contributed by atoms with Gasteiger partial charge in [0.05, 0.1) is 12.5 Å². The summed E-state index contributed by atoms with van der Waals surface area (Å²) in [5.41, 5.74) is 2.02.